The van der Waals surface area contributed by atoms with Gasteiger partial charge in [0, 0.05) is 18.5 Å². The van der Waals surface area contributed by atoms with Crippen LogP contribution in [0.15, 0.2) is 34.9 Å². The lowest BCUT2D eigenvalue weighted by molar-refractivity contribution is 0.0938. The molecule has 1 atom stereocenters. The van der Waals surface area contributed by atoms with E-state index in [4.69, 9.17) is 25.5 Å². The van der Waals surface area contributed by atoms with Crippen molar-refractivity contribution in [2.75, 3.05) is 33.9 Å². The number of nitrogens with one attached hydrogen (secondary N) is 1. The lowest BCUT2D eigenvalue weighted by Gasteiger charge is -2.22. The van der Waals surface area contributed by atoms with Gasteiger partial charge < -0.3 is 19.2 Å². The fourth-order valence-corrected chi connectivity index (χ4v) is 2.94. The number of rotatable bonds is 5. The molecule has 0 spiro atoms. The Hall–Kier alpha value is -2.18. The number of halogens is 1. The molecule has 1 N–H and O–H groups in total. The molecule has 0 fully saturated rings. The van der Waals surface area contributed by atoms with Gasteiger partial charge in [0.05, 0.1) is 30.5 Å². The first kappa shape index (κ1) is 17.6. The first-order valence-corrected chi connectivity index (χ1v) is 8.51. The summed E-state index contributed by atoms with van der Waals surface area (Å²) in [4.78, 5) is 14.5. The summed E-state index contributed by atoms with van der Waals surface area (Å²) in [5.74, 6) is 1.57. The number of furan rings is 1. The molecule has 1 aliphatic heterocycles. The van der Waals surface area contributed by atoms with E-state index >= 15 is 0 Å². The molecule has 2 heterocycles. The Kier molecular flexibility index (Phi) is 5.50. The predicted molar refractivity (Wildman–Crippen MR) is 94.5 cm³/mol. The zero-order valence-corrected chi connectivity index (χ0v) is 15.0. The van der Waals surface area contributed by atoms with Gasteiger partial charge in [-0.05, 0) is 38.4 Å². The van der Waals surface area contributed by atoms with Gasteiger partial charge in [-0.1, -0.05) is 11.6 Å². The number of hydrogen-bond acceptors (Lipinski definition) is 5. The van der Waals surface area contributed by atoms with Crippen LogP contribution in [-0.4, -0.2) is 44.7 Å². The Morgan fingerprint density at radius 2 is 2.12 bits per heavy atom. The number of carbonyl (C=O) groups is 1. The summed E-state index contributed by atoms with van der Waals surface area (Å²) in [5, 5.41) is 3.30. The van der Waals surface area contributed by atoms with Crippen LogP contribution in [0.2, 0.25) is 5.02 Å². The second-order valence-electron chi connectivity index (χ2n) is 6.04. The molecule has 6 nitrogen and oxygen atoms in total. The maximum absolute atomic E-state index is 12.6. The summed E-state index contributed by atoms with van der Waals surface area (Å²) in [6.45, 7) is 1.49. The fraction of sp³-hybridized carbons (Fsp3) is 0.389. The molecule has 1 aromatic heterocycles. The van der Waals surface area contributed by atoms with Gasteiger partial charge in [0.1, 0.15) is 5.76 Å². The van der Waals surface area contributed by atoms with Gasteiger partial charge in [-0.2, -0.15) is 0 Å². The lowest BCUT2D eigenvalue weighted by atomic mass is 10.1. The second-order valence-corrected chi connectivity index (χ2v) is 6.45. The van der Waals surface area contributed by atoms with Crippen molar-refractivity contribution in [3.63, 3.8) is 0 Å². The largest absolute Gasteiger partial charge is 0.489 e. The molecule has 0 bridgehead atoms. The van der Waals surface area contributed by atoms with E-state index in [1.807, 2.05) is 31.1 Å². The molecular formula is C18H21ClN2O4. The third-order valence-electron chi connectivity index (χ3n) is 4.02. The molecule has 1 unspecified atom stereocenters. The molecule has 1 aromatic carbocycles. The molecule has 0 saturated heterocycles. The smallest absolute Gasteiger partial charge is 0.251 e. The van der Waals surface area contributed by atoms with E-state index in [0.717, 1.165) is 12.2 Å². The van der Waals surface area contributed by atoms with Crippen molar-refractivity contribution in [1.29, 1.82) is 0 Å². The molecule has 0 saturated carbocycles. The van der Waals surface area contributed by atoms with Gasteiger partial charge in [-0.15, -0.1) is 0 Å². The first-order valence-electron chi connectivity index (χ1n) is 8.13. The summed E-state index contributed by atoms with van der Waals surface area (Å²) in [6.07, 6.45) is 2.40. The van der Waals surface area contributed by atoms with E-state index in [1.165, 1.54) is 0 Å². The topological polar surface area (TPSA) is 63.9 Å². The molecule has 2 aromatic rings. The van der Waals surface area contributed by atoms with Crippen LogP contribution in [-0.2, 0) is 0 Å². The van der Waals surface area contributed by atoms with Crippen LogP contribution in [0.25, 0.3) is 0 Å². The Morgan fingerprint density at radius 1 is 1.32 bits per heavy atom. The summed E-state index contributed by atoms with van der Waals surface area (Å²) >= 11 is 6.25. The highest BCUT2D eigenvalue weighted by Gasteiger charge is 2.21. The highest BCUT2D eigenvalue weighted by molar-refractivity contribution is 6.32. The molecular weight excluding hydrogens is 344 g/mol. The average Bonchev–Trinajstić information content (AvgIpc) is 2.99. The van der Waals surface area contributed by atoms with Gasteiger partial charge in [-0.25, -0.2) is 0 Å². The van der Waals surface area contributed by atoms with E-state index < -0.39 is 0 Å². The quantitative estimate of drug-likeness (QED) is 0.883. The van der Waals surface area contributed by atoms with Crippen LogP contribution >= 0.6 is 11.6 Å². The van der Waals surface area contributed by atoms with Crippen LogP contribution < -0.4 is 14.8 Å². The van der Waals surface area contributed by atoms with E-state index in [1.54, 1.807) is 18.4 Å². The third kappa shape index (κ3) is 4.08. The van der Waals surface area contributed by atoms with Crippen LogP contribution in [0, 0.1) is 0 Å². The standard InChI is InChI=1S/C18H21ClN2O4/c1-21(2)14(15-5-3-6-23-15)11-20-18(22)12-9-13(19)17-16(10-12)24-7-4-8-25-17/h3,5-6,9-10,14H,4,7-8,11H2,1-2H3,(H,20,22). The first-order chi connectivity index (χ1) is 12.1. The maximum Gasteiger partial charge on any atom is 0.251 e. The Balaban J connectivity index is 1.73. The maximum atomic E-state index is 12.6. The van der Waals surface area contributed by atoms with E-state index in [0.29, 0.717) is 41.8 Å². The normalized spacial score (nSPS) is 14.9. The molecule has 1 amide bonds. The highest BCUT2D eigenvalue weighted by Crippen LogP contribution is 2.38. The van der Waals surface area contributed by atoms with Crippen LogP contribution in [0.4, 0.5) is 0 Å². The van der Waals surface area contributed by atoms with Crippen molar-refractivity contribution >= 4 is 17.5 Å². The highest BCUT2D eigenvalue weighted by atomic mass is 35.5. The molecule has 0 radical (unpaired) electrons. The number of likely N-dealkylation sites (N-methyl/N-ethyl adjacent to an activating group) is 1. The molecule has 25 heavy (non-hydrogen) atoms. The van der Waals surface area contributed by atoms with Gasteiger partial charge in [0.2, 0.25) is 0 Å². The van der Waals surface area contributed by atoms with E-state index in [9.17, 15) is 4.79 Å². The van der Waals surface area contributed by atoms with Crippen molar-refractivity contribution < 1.29 is 18.7 Å². The molecule has 7 heteroatoms. The van der Waals surface area contributed by atoms with Crippen molar-refractivity contribution in [3.8, 4) is 11.5 Å². The van der Waals surface area contributed by atoms with Crippen LogP contribution in [0.3, 0.4) is 0 Å². The average molecular weight is 365 g/mol. The minimum absolute atomic E-state index is 0.0603. The summed E-state index contributed by atoms with van der Waals surface area (Å²) in [7, 11) is 3.87. The number of hydrogen-bond donors (Lipinski definition) is 1. The van der Waals surface area contributed by atoms with E-state index in [2.05, 4.69) is 5.32 Å². The number of fused-ring (bicyclic) bond motifs is 1. The molecule has 0 aliphatic carbocycles. The van der Waals surface area contributed by atoms with Gasteiger partial charge in [0.25, 0.3) is 5.91 Å². The third-order valence-corrected chi connectivity index (χ3v) is 4.30. The summed E-state index contributed by atoms with van der Waals surface area (Å²) in [6, 6.07) is 6.93. The van der Waals surface area contributed by atoms with Crippen LogP contribution in [0.5, 0.6) is 11.5 Å². The summed E-state index contributed by atoms with van der Waals surface area (Å²) in [5.41, 5.74) is 0.436. The zero-order chi connectivity index (χ0) is 17.8. The van der Waals surface area contributed by atoms with Crippen molar-refractivity contribution in [2.24, 2.45) is 0 Å². The van der Waals surface area contributed by atoms with Crippen molar-refractivity contribution in [1.82, 2.24) is 10.2 Å². The fourth-order valence-electron chi connectivity index (χ4n) is 2.67. The van der Waals surface area contributed by atoms with Crippen LogP contribution in [0.1, 0.15) is 28.6 Å². The zero-order valence-electron chi connectivity index (χ0n) is 14.3. The lowest BCUT2D eigenvalue weighted by Crippen LogP contribution is -2.34. The Labute approximate surface area is 151 Å². The predicted octanol–water partition coefficient (Wildman–Crippen LogP) is 3.13. The molecule has 1 aliphatic rings. The van der Waals surface area contributed by atoms with Gasteiger partial charge in [-0.3, -0.25) is 9.69 Å². The Bertz CT molecular complexity index is 731. The SMILES string of the molecule is CN(C)C(CNC(=O)c1cc(Cl)c2c(c1)OCCCO2)c1ccco1. The van der Waals surface area contributed by atoms with Gasteiger partial charge >= 0.3 is 0 Å². The second kappa shape index (κ2) is 7.80. The minimum Gasteiger partial charge on any atom is -0.489 e. The Morgan fingerprint density at radius 3 is 2.84 bits per heavy atom. The number of benzene rings is 1. The van der Waals surface area contributed by atoms with E-state index in [-0.39, 0.29) is 11.9 Å². The molecule has 3 rings (SSSR count). The minimum atomic E-state index is -0.226. The summed E-state index contributed by atoms with van der Waals surface area (Å²) < 4.78 is 16.7. The van der Waals surface area contributed by atoms with Crippen molar-refractivity contribution in [3.05, 3.63) is 46.9 Å². The number of amides is 1. The van der Waals surface area contributed by atoms with Crippen molar-refractivity contribution in [2.45, 2.75) is 12.5 Å². The van der Waals surface area contributed by atoms with Gasteiger partial charge in [0.15, 0.2) is 11.5 Å². The number of nitrogens with zero attached hydrogens (tertiary/aromatic N) is 1. The number of ether oxygens (including phenoxy) is 2. The monoisotopic (exact) mass is 364 g/mol. The molecule has 134 valence electrons. The number of carbonyl (C=O) groups excluding carboxylic acids is 1.